The van der Waals surface area contributed by atoms with Crippen molar-refractivity contribution in [2.24, 2.45) is 0 Å². The molecule has 4 rings (SSSR count). The molecule has 0 N–H and O–H groups in total. The zero-order valence-corrected chi connectivity index (χ0v) is 14.6. The van der Waals surface area contributed by atoms with Crippen molar-refractivity contribution in [3.8, 4) is 5.88 Å². The average molecular weight is 359 g/mol. The van der Waals surface area contributed by atoms with E-state index in [1.165, 1.54) is 12.3 Å². The van der Waals surface area contributed by atoms with Gasteiger partial charge in [0, 0.05) is 43.9 Å². The first-order chi connectivity index (χ1) is 12.0. The van der Waals surface area contributed by atoms with E-state index < -0.39 is 5.82 Å². The average Bonchev–Trinajstić information content (AvgIpc) is 2.99. The minimum absolute atomic E-state index is 0.0163. The molecule has 1 spiro atoms. The molecule has 4 heterocycles. The van der Waals surface area contributed by atoms with Crippen molar-refractivity contribution in [3.63, 3.8) is 0 Å². The predicted octanol–water partition coefficient (Wildman–Crippen LogP) is 2.70. The van der Waals surface area contributed by atoms with Crippen LogP contribution in [0.25, 0.3) is 0 Å². The van der Waals surface area contributed by atoms with E-state index in [0.29, 0.717) is 18.7 Å². The van der Waals surface area contributed by atoms with Crippen LogP contribution in [0.2, 0.25) is 0 Å². The lowest BCUT2D eigenvalue weighted by molar-refractivity contribution is 0.0513. The molecule has 130 valence electrons. The van der Waals surface area contributed by atoms with Gasteiger partial charge in [0.1, 0.15) is 6.10 Å². The second-order valence-corrected chi connectivity index (χ2v) is 8.13. The number of nitrogens with zero attached hydrogens (tertiary/aromatic N) is 3. The van der Waals surface area contributed by atoms with Crippen LogP contribution in [0.15, 0.2) is 36.8 Å². The van der Waals surface area contributed by atoms with E-state index in [1.54, 1.807) is 30.2 Å². The number of hydrogen-bond acceptors (Lipinski definition) is 5. The maximum Gasteiger partial charge on any atom is 0.255 e. The van der Waals surface area contributed by atoms with Gasteiger partial charge in [-0.1, -0.05) is 0 Å². The molecule has 5 nitrogen and oxygen atoms in total. The third-order valence-electron chi connectivity index (χ3n) is 4.55. The molecule has 2 aromatic heterocycles. The minimum Gasteiger partial charge on any atom is -0.471 e. The minimum atomic E-state index is -0.439. The number of thioether (sulfide) groups is 1. The largest absolute Gasteiger partial charge is 0.471 e. The standard InChI is InChI=1S/C18H18FN3O2S/c1-12-5-13(8-20-7-12)17(23)22-10-18(11-22)6-14(9-25-18)24-16-15(19)3-2-4-21-16/h2-5,7-8,14H,6,9-11H2,1H3/t14-/m1/s1. The van der Waals surface area contributed by atoms with Crippen molar-refractivity contribution in [2.45, 2.75) is 24.2 Å². The fraction of sp³-hybridized carbons (Fsp3) is 0.389. The molecule has 0 unspecified atom stereocenters. The molecule has 2 saturated heterocycles. The van der Waals surface area contributed by atoms with Crippen molar-refractivity contribution in [3.05, 3.63) is 53.7 Å². The summed E-state index contributed by atoms with van der Waals surface area (Å²) in [6.45, 7) is 3.30. The Morgan fingerprint density at radius 3 is 3.04 bits per heavy atom. The Hall–Kier alpha value is -2.15. The molecule has 2 aliphatic rings. The van der Waals surface area contributed by atoms with E-state index in [4.69, 9.17) is 4.74 Å². The van der Waals surface area contributed by atoms with E-state index in [2.05, 4.69) is 9.97 Å². The Morgan fingerprint density at radius 1 is 1.44 bits per heavy atom. The molecule has 1 atom stereocenters. The lowest BCUT2D eigenvalue weighted by Gasteiger charge is -2.47. The van der Waals surface area contributed by atoms with Gasteiger partial charge in [-0.3, -0.25) is 9.78 Å². The number of amides is 1. The quantitative estimate of drug-likeness (QED) is 0.843. The molecule has 2 aliphatic heterocycles. The molecule has 0 saturated carbocycles. The van der Waals surface area contributed by atoms with Crippen LogP contribution in [0.1, 0.15) is 22.3 Å². The van der Waals surface area contributed by atoms with Gasteiger partial charge in [-0.15, -0.1) is 11.8 Å². The zero-order chi connectivity index (χ0) is 17.4. The first-order valence-corrected chi connectivity index (χ1v) is 9.15. The van der Waals surface area contributed by atoms with Crippen LogP contribution < -0.4 is 4.74 Å². The maximum absolute atomic E-state index is 13.7. The van der Waals surface area contributed by atoms with Crippen molar-refractivity contribution in [1.82, 2.24) is 14.9 Å². The van der Waals surface area contributed by atoms with Crippen molar-refractivity contribution < 1.29 is 13.9 Å². The van der Waals surface area contributed by atoms with Crippen LogP contribution >= 0.6 is 11.8 Å². The number of ether oxygens (including phenoxy) is 1. The molecule has 7 heteroatoms. The van der Waals surface area contributed by atoms with Crippen LogP contribution in [-0.4, -0.2) is 50.5 Å². The Kier molecular flexibility index (Phi) is 4.11. The van der Waals surface area contributed by atoms with E-state index in [1.807, 2.05) is 17.9 Å². The summed E-state index contributed by atoms with van der Waals surface area (Å²) < 4.78 is 19.4. The van der Waals surface area contributed by atoms with Gasteiger partial charge in [0.25, 0.3) is 11.8 Å². The Balaban J connectivity index is 1.36. The lowest BCUT2D eigenvalue weighted by atomic mass is 9.92. The fourth-order valence-corrected chi connectivity index (χ4v) is 4.89. The summed E-state index contributed by atoms with van der Waals surface area (Å²) in [4.78, 5) is 22.4. The van der Waals surface area contributed by atoms with Crippen LogP contribution in [0.4, 0.5) is 4.39 Å². The van der Waals surface area contributed by atoms with Gasteiger partial charge in [0.2, 0.25) is 0 Å². The predicted molar refractivity (Wildman–Crippen MR) is 93.3 cm³/mol. The van der Waals surface area contributed by atoms with Gasteiger partial charge >= 0.3 is 0 Å². The van der Waals surface area contributed by atoms with Crippen LogP contribution in [0.5, 0.6) is 5.88 Å². The summed E-state index contributed by atoms with van der Waals surface area (Å²) in [5.74, 6) is 0.418. The summed E-state index contributed by atoms with van der Waals surface area (Å²) in [5.41, 5.74) is 1.60. The number of halogens is 1. The highest BCUT2D eigenvalue weighted by Crippen LogP contribution is 2.46. The number of hydrogen-bond donors (Lipinski definition) is 0. The molecule has 0 bridgehead atoms. The summed E-state index contributed by atoms with van der Waals surface area (Å²) in [7, 11) is 0. The van der Waals surface area contributed by atoms with E-state index >= 15 is 0 Å². The molecular formula is C18H18FN3O2S. The van der Waals surface area contributed by atoms with Crippen molar-refractivity contribution in [2.75, 3.05) is 18.8 Å². The lowest BCUT2D eigenvalue weighted by Crippen LogP contribution is -2.60. The third kappa shape index (κ3) is 3.20. The SMILES string of the molecule is Cc1cncc(C(=O)N2CC3(C[C@@H](Oc4ncccc4F)CS3)C2)c1. The summed E-state index contributed by atoms with van der Waals surface area (Å²) in [6, 6.07) is 4.75. The number of carbonyl (C=O) groups is 1. The first kappa shape index (κ1) is 16.3. The Morgan fingerprint density at radius 2 is 2.28 bits per heavy atom. The maximum atomic E-state index is 13.7. The monoisotopic (exact) mass is 359 g/mol. The van der Waals surface area contributed by atoms with E-state index in [0.717, 1.165) is 17.7 Å². The number of aryl methyl sites for hydroxylation is 1. The topological polar surface area (TPSA) is 55.3 Å². The first-order valence-electron chi connectivity index (χ1n) is 8.17. The fourth-order valence-electron chi connectivity index (χ4n) is 3.36. The number of carbonyl (C=O) groups excluding carboxylic acids is 1. The van der Waals surface area contributed by atoms with Crippen molar-refractivity contribution >= 4 is 17.7 Å². The highest BCUT2D eigenvalue weighted by molar-refractivity contribution is 8.01. The zero-order valence-electron chi connectivity index (χ0n) is 13.8. The summed E-state index contributed by atoms with van der Waals surface area (Å²) in [6.07, 6.45) is 5.59. The van der Waals surface area contributed by atoms with Gasteiger partial charge in [0.05, 0.1) is 10.3 Å². The number of likely N-dealkylation sites (tertiary alicyclic amines) is 1. The second-order valence-electron chi connectivity index (χ2n) is 6.64. The number of aromatic nitrogens is 2. The van der Waals surface area contributed by atoms with Crippen LogP contribution in [0, 0.1) is 12.7 Å². The molecule has 25 heavy (non-hydrogen) atoms. The Bertz CT molecular complexity index is 810. The third-order valence-corrected chi connectivity index (χ3v) is 6.12. The molecule has 2 fully saturated rings. The van der Waals surface area contributed by atoms with Gasteiger partial charge in [-0.05, 0) is 30.7 Å². The van der Waals surface area contributed by atoms with Gasteiger partial charge in [-0.2, -0.15) is 0 Å². The molecular weight excluding hydrogens is 341 g/mol. The molecule has 0 aliphatic carbocycles. The summed E-state index contributed by atoms with van der Waals surface area (Å²) in [5, 5.41) is 0. The van der Waals surface area contributed by atoms with Gasteiger partial charge in [0.15, 0.2) is 5.82 Å². The Labute approximate surface area is 149 Å². The second kappa shape index (κ2) is 6.29. The van der Waals surface area contributed by atoms with E-state index in [9.17, 15) is 9.18 Å². The van der Waals surface area contributed by atoms with Crippen LogP contribution in [-0.2, 0) is 0 Å². The van der Waals surface area contributed by atoms with E-state index in [-0.39, 0.29) is 22.6 Å². The molecule has 2 aromatic rings. The smallest absolute Gasteiger partial charge is 0.255 e. The highest BCUT2D eigenvalue weighted by Gasteiger charge is 2.51. The molecule has 0 radical (unpaired) electrons. The molecule has 1 amide bonds. The number of pyridine rings is 2. The van der Waals surface area contributed by atoms with Crippen LogP contribution in [0.3, 0.4) is 0 Å². The van der Waals surface area contributed by atoms with Gasteiger partial charge < -0.3 is 9.64 Å². The highest BCUT2D eigenvalue weighted by atomic mass is 32.2. The van der Waals surface area contributed by atoms with Gasteiger partial charge in [-0.25, -0.2) is 9.37 Å². The normalized spacial score (nSPS) is 21.2. The summed E-state index contributed by atoms with van der Waals surface area (Å²) >= 11 is 1.80. The number of rotatable bonds is 3. The molecule has 0 aromatic carbocycles. The van der Waals surface area contributed by atoms with Crippen molar-refractivity contribution in [1.29, 1.82) is 0 Å².